The molecule has 0 N–H and O–H groups in total. The molecule has 0 aromatic carbocycles. The van der Waals surface area contributed by atoms with Crippen LogP contribution in [0.1, 0.15) is 11.1 Å². The molecular weight excluding hydrogens is 134 g/mol. The second-order valence-electron chi connectivity index (χ2n) is 2.57. The summed E-state index contributed by atoms with van der Waals surface area (Å²) in [5, 5.41) is 0. The van der Waals surface area contributed by atoms with Crippen molar-refractivity contribution in [2.24, 2.45) is 0 Å². The number of hydrogen-bond donors (Lipinski definition) is 0. The summed E-state index contributed by atoms with van der Waals surface area (Å²) in [4.78, 5) is 10.5. The van der Waals surface area contributed by atoms with Crippen LogP contribution in [0.3, 0.4) is 0 Å². The van der Waals surface area contributed by atoms with Gasteiger partial charge in [0.2, 0.25) is 0 Å². The van der Waals surface area contributed by atoms with Gasteiger partial charge in [-0.1, -0.05) is 0 Å². The summed E-state index contributed by atoms with van der Waals surface area (Å²) in [6.07, 6.45) is 0.340. The molecule has 1 rings (SSSR count). The Morgan fingerprint density at radius 1 is 1.73 bits per heavy atom. The van der Waals surface area contributed by atoms with Crippen LogP contribution in [0.5, 0.6) is 0 Å². The number of carbonyl (C=O) groups excluding carboxylic acids is 1. The third-order valence-electron chi connectivity index (χ3n) is 1.63. The Kier molecular flexibility index (Phi) is 2.64. The van der Waals surface area contributed by atoms with Gasteiger partial charge in [-0.15, -0.1) is 0 Å². The van der Waals surface area contributed by atoms with E-state index in [1.54, 1.807) is 0 Å². The maximum absolute atomic E-state index is 10.5. The van der Waals surface area contributed by atoms with E-state index in [9.17, 15) is 4.79 Å². The van der Waals surface area contributed by atoms with Gasteiger partial charge in [-0.3, -0.25) is 0 Å². The van der Waals surface area contributed by atoms with Crippen molar-refractivity contribution in [1.29, 1.82) is 0 Å². The predicted octanol–water partition coefficient (Wildman–Crippen LogP) is 0.571. The van der Waals surface area contributed by atoms with E-state index >= 15 is 0 Å². The summed E-state index contributed by atoms with van der Waals surface area (Å²) >= 11 is 0. The quantitative estimate of drug-likeness (QED) is 0.551. The summed E-state index contributed by atoms with van der Waals surface area (Å²) in [7, 11) is 5.05. The van der Waals surface area contributed by atoms with Crippen molar-refractivity contribution in [3.63, 3.8) is 0 Å². The van der Waals surface area contributed by atoms with Crippen LogP contribution < -0.4 is 0 Å². The van der Waals surface area contributed by atoms with Crippen molar-refractivity contribution in [1.82, 2.24) is 0 Å². The monoisotopic (exact) mass is 142 g/mol. The van der Waals surface area contributed by atoms with Crippen molar-refractivity contribution in [3.8, 4) is 0 Å². The molecule has 0 saturated carbocycles. The van der Waals surface area contributed by atoms with Gasteiger partial charge in [0.1, 0.15) is 0 Å². The van der Waals surface area contributed by atoms with Gasteiger partial charge >= 0.3 is 67.7 Å². The Balaban J connectivity index is 2.86. The number of hydrogen-bond acceptors (Lipinski definition) is 1. The van der Waals surface area contributed by atoms with E-state index in [0.717, 1.165) is 11.1 Å². The zero-order valence-corrected chi connectivity index (χ0v) is 6.50. The van der Waals surface area contributed by atoms with Crippen LogP contribution >= 0.6 is 0 Å². The molecule has 52 valence electrons. The SMILES string of the molecule is [B]C(=O)Cc1ccbcc1C. The first-order chi connectivity index (χ1) is 5.20. The molecule has 1 aromatic rings. The molecule has 11 heavy (non-hydrogen) atoms. The molecule has 0 aliphatic rings. The van der Waals surface area contributed by atoms with Gasteiger partial charge in [0, 0.05) is 0 Å². The molecule has 3 heteroatoms. The second kappa shape index (κ2) is 3.51. The second-order valence-corrected chi connectivity index (χ2v) is 2.57. The average Bonchev–Trinajstić information content (AvgIpc) is 1.93. The van der Waals surface area contributed by atoms with Crippen molar-refractivity contribution in [2.75, 3.05) is 0 Å². The third-order valence-corrected chi connectivity index (χ3v) is 1.63. The summed E-state index contributed by atoms with van der Waals surface area (Å²) < 4.78 is 0. The first kappa shape index (κ1) is 8.25. The number of rotatable bonds is 2. The fourth-order valence-corrected chi connectivity index (χ4v) is 0.996. The van der Waals surface area contributed by atoms with Crippen LogP contribution in [-0.4, -0.2) is 20.4 Å². The Labute approximate surface area is 68.4 Å². The third kappa shape index (κ3) is 2.34. The Hall–Kier alpha value is -0.850. The predicted molar refractivity (Wildman–Crippen MR) is 47.0 cm³/mol. The van der Waals surface area contributed by atoms with Crippen LogP contribution in [0.4, 0.5) is 0 Å². The van der Waals surface area contributed by atoms with Crippen molar-refractivity contribution >= 4 is 20.4 Å². The molecule has 0 spiro atoms. The molecule has 1 heterocycles. The fraction of sp³-hybridized carbons (Fsp3) is 0.250. The maximum atomic E-state index is 10.5. The Morgan fingerprint density at radius 2 is 2.45 bits per heavy atom. The molecule has 0 aliphatic heterocycles. The summed E-state index contributed by atoms with van der Waals surface area (Å²) in [5.74, 6) is 3.88. The molecule has 0 atom stereocenters. The summed E-state index contributed by atoms with van der Waals surface area (Å²) in [6, 6.07) is 1.92. The van der Waals surface area contributed by atoms with Gasteiger partial charge in [0.05, 0.1) is 0 Å². The minimum absolute atomic E-state index is 0.278. The van der Waals surface area contributed by atoms with Crippen molar-refractivity contribution < 1.29 is 4.79 Å². The summed E-state index contributed by atoms with van der Waals surface area (Å²) in [5.41, 5.74) is 1.85. The van der Waals surface area contributed by atoms with E-state index in [4.69, 9.17) is 7.85 Å². The number of carbonyl (C=O) groups is 1. The van der Waals surface area contributed by atoms with Gasteiger partial charge in [-0.25, -0.2) is 0 Å². The van der Waals surface area contributed by atoms with Gasteiger partial charge in [-0.05, 0) is 0 Å². The standard InChI is InChI=1S/C8H8B2O/c1-6-5-10-3-2-7(6)4-8(9)11/h2-3,5H,4H2,1H3. The zero-order valence-electron chi connectivity index (χ0n) is 6.50. The van der Waals surface area contributed by atoms with Gasteiger partial charge in [0.25, 0.3) is 0 Å². The molecule has 0 saturated heterocycles. The summed E-state index contributed by atoms with van der Waals surface area (Å²) in [6.45, 7) is 3.91. The first-order valence-electron chi connectivity index (χ1n) is 3.53. The molecule has 2 radical (unpaired) electrons. The van der Waals surface area contributed by atoms with Crippen LogP contribution in [0.15, 0.2) is 18.0 Å². The molecule has 1 nitrogen and oxygen atoms in total. The van der Waals surface area contributed by atoms with E-state index in [0.29, 0.717) is 6.42 Å². The van der Waals surface area contributed by atoms with Crippen molar-refractivity contribution in [3.05, 3.63) is 29.1 Å². The number of aryl methyl sites for hydroxylation is 1. The zero-order chi connectivity index (χ0) is 8.27. The van der Waals surface area contributed by atoms with E-state index < -0.39 is 0 Å². The molecule has 0 amide bonds. The normalized spacial score (nSPS) is 9.18. The van der Waals surface area contributed by atoms with Crippen molar-refractivity contribution in [2.45, 2.75) is 13.3 Å². The van der Waals surface area contributed by atoms with E-state index in [2.05, 4.69) is 0 Å². The molecule has 0 fully saturated rings. The molecule has 0 unspecified atom stereocenters. The van der Waals surface area contributed by atoms with Gasteiger partial charge < -0.3 is 0 Å². The topological polar surface area (TPSA) is 17.1 Å². The van der Waals surface area contributed by atoms with Crippen LogP contribution in [0, 0.1) is 6.92 Å². The van der Waals surface area contributed by atoms with E-state index in [-0.39, 0.29) is 5.68 Å². The van der Waals surface area contributed by atoms with E-state index in [1.165, 1.54) is 0 Å². The van der Waals surface area contributed by atoms with Crippen LogP contribution in [-0.2, 0) is 11.2 Å². The van der Waals surface area contributed by atoms with E-state index in [1.807, 2.05) is 31.8 Å². The van der Waals surface area contributed by atoms with Crippen LogP contribution in [0.25, 0.3) is 0 Å². The van der Waals surface area contributed by atoms with Crippen LogP contribution in [0.2, 0.25) is 0 Å². The van der Waals surface area contributed by atoms with Gasteiger partial charge in [-0.2, -0.15) is 0 Å². The molecular formula is C8H8B2O. The molecule has 0 bridgehead atoms. The molecule has 0 aliphatic carbocycles. The minimum atomic E-state index is -0.278. The van der Waals surface area contributed by atoms with Gasteiger partial charge in [0.15, 0.2) is 0 Å². The Bertz CT molecular complexity index is 271. The average molecular weight is 142 g/mol. The molecule has 1 aromatic heterocycles. The fourth-order valence-electron chi connectivity index (χ4n) is 0.996. The first-order valence-corrected chi connectivity index (χ1v) is 3.53. The Morgan fingerprint density at radius 3 is 3.00 bits per heavy atom.